The second-order valence-electron chi connectivity index (χ2n) is 5.32. The van der Waals surface area contributed by atoms with E-state index in [1.165, 1.54) is 0 Å². The largest absolute Gasteiger partial charge is 0.349 e. The van der Waals surface area contributed by atoms with E-state index in [0.717, 1.165) is 29.3 Å². The molecule has 1 aromatic rings. The second kappa shape index (κ2) is 6.53. The summed E-state index contributed by atoms with van der Waals surface area (Å²) in [5, 5.41) is 3.11. The van der Waals surface area contributed by atoms with Crippen LogP contribution in [0.3, 0.4) is 0 Å². The van der Waals surface area contributed by atoms with Gasteiger partial charge >= 0.3 is 0 Å². The summed E-state index contributed by atoms with van der Waals surface area (Å²) in [6.07, 6.45) is 3.17. The Kier molecular flexibility index (Phi) is 4.99. The van der Waals surface area contributed by atoms with E-state index in [9.17, 15) is 4.79 Å². The van der Waals surface area contributed by atoms with Crippen molar-refractivity contribution in [3.63, 3.8) is 0 Å². The molecule has 0 aromatic heterocycles. The lowest BCUT2D eigenvalue weighted by Crippen LogP contribution is -2.36. The smallest absolute Gasteiger partial charge is 0.223 e. The van der Waals surface area contributed by atoms with Gasteiger partial charge in [0.05, 0.1) is 6.04 Å². The van der Waals surface area contributed by atoms with E-state index in [-0.39, 0.29) is 17.9 Å². The number of carbonyl (C=O) groups excluding carboxylic acids is 1. The summed E-state index contributed by atoms with van der Waals surface area (Å²) in [5.74, 6) is 0.606. The molecule has 0 saturated heterocycles. The maximum atomic E-state index is 12.3. The minimum atomic E-state index is 0.0315. The molecule has 3 atom stereocenters. The summed E-state index contributed by atoms with van der Waals surface area (Å²) < 4.78 is 1.03. The highest BCUT2D eigenvalue weighted by molar-refractivity contribution is 9.10. The lowest BCUT2D eigenvalue weighted by molar-refractivity contribution is -0.126. The lowest BCUT2D eigenvalue weighted by atomic mass is 9.95. The number of hydrogen-bond acceptors (Lipinski definition) is 2. The monoisotopic (exact) mass is 324 g/mol. The number of hydrogen-bond donors (Lipinski definition) is 2. The number of amides is 1. The molecule has 0 spiro atoms. The molecule has 1 fully saturated rings. The molecule has 2 rings (SSSR count). The SMILES string of the molecule is C[C@H](NC(=O)C1CCCC1CN)c1cccc(Br)c1. The maximum absolute atomic E-state index is 12.3. The molecule has 1 saturated carbocycles. The van der Waals surface area contributed by atoms with Crippen molar-refractivity contribution < 1.29 is 4.79 Å². The first-order valence-electron chi connectivity index (χ1n) is 6.87. The molecule has 2 unspecified atom stereocenters. The highest BCUT2D eigenvalue weighted by Gasteiger charge is 2.32. The Morgan fingerprint density at radius 3 is 3.00 bits per heavy atom. The third-order valence-corrected chi connectivity index (χ3v) is 4.50. The van der Waals surface area contributed by atoms with Crippen LogP contribution in [0, 0.1) is 11.8 Å². The van der Waals surface area contributed by atoms with Crippen LogP contribution in [0.15, 0.2) is 28.7 Å². The fraction of sp³-hybridized carbons (Fsp3) is 0.533. The molecule has 0 bridgehead atoms. The minimum Gasteiger partial charge on any atom is -0.349 e. The molecule has 0 radical (unpaired) electrons. The van der Waals surface area contributed by atoms with E-state index in [1.54, 1.807) is 0 Å². The van der Waals surface area contributed by atoms with Crippen LogP contribution in [-0.4, -0.2) is 12.5 Å². The Hall–Kier alpha value is -0.870. The molecular formula is C15H21BrN2O. The highest BCUT2D eigenvalue weighted by Crippen LogP contribution is 2.31. The average Bonchev–Trinajstić information content (AvgIpc) is 2.87. The zero-order valence-corrected chi connectivity index (χ0v) is 12.8. The molecule has 1 amide bonds. The topological polar surface area (TPSA) is 55.1 Å². The summed E-state index contributed by atoms with van der Waals surface area (Å²) in [6, 6.07) is 8.08. The number of rotatable bonds is 4. The van der Waals surface area contributed by atoms with Crippen LogP contribution in [0.2, 0.25) is 0 Å². The van der Waals surface area contributed by atoms with E-state index < -0.39 is 0 Å². The quantitative estimate of drug-likeness (QED) is 0.894. The van der Waals surface area contributed by atoms with Gasteiger partial charge in [0.25, 0.3) is 0 Å². The van der Waals surface area contributed by atoms with Gasteiger partial charge in [-0.3, -0.25) is 4.79 Å². The molecule has 0 aliphatic heterocycles. The molecule has 4 heteroatoms. The number of halogens is 1. The lowest BCUT2D eigenvalue weighted by Gasteiger charge is -2.21. The zero-order valence-electron chi connectivity index (χ0n) is 11.2. The van der Waals surface area contributed by atoms with E-state index in [0.29, 0.717) is 12.5 Å². The van der Waals surface area contributed by atoms with E-state index >= 15 is 0 Å². The normalized spacial score (nSPS) is 24.2. The van der Waals surface area contributed by atoms with Gasteiger partial charge in [0.1, 0.15) is 0 Å². The fourth-order valence-corrected chi connectivity index (χ4v) is 3.26. The van der Waals surface area contributed by atoms with Crippen molar-refractivity contribution in [1.82, 2.24) is 5.32 Å². The van der Waals surface area contributed by atoms with Crippen LogP contribution in [0.1, 0.15) is 37.8 Å². The van der Waals surface area contributed by atoms with Crippen LogP contribution in [0.5, 0.6) is 0 Å². The number of carbonyl (C=O) groups is 1. The van der Waals surface area contributed by atoms with Gasteiger partial charge in [0.2, 0.25) is 5.91 Å². The van der Waals surface area contributed by atoms with E-state index in [4.69, 9.17) is 5.73 Å². The maximum Gasteiger partial charge on any atom is 0.223 e. The predicted molar refractivity (Wildman–Crippen MR) is 80.6 cm³/mol. The molecule has 104 valence electrons. The summed E-state index contributed by atoms with van der Waals surface area (Å²) >= 11 is 3.45. The highest BCUT2D eigenvalue weighted by atomic mass is 79.9. The molecule has 1 aliphatic rings. The van der Waals surface area contributed by atoms with Gasteiger partial charge in [-0.05, 0) is 49.9 Å². The molecule has 3 nitrogen and oxygen atoms in total. The van der Waals surface area contributed by atoms with Gasteiger partial charge in [-0.25, -0.2) is 0 Å². The van der Waals surface area contributed by atoms with Crippen LogP contribution in [0.25, 0.3) is 0 Å². The van der Waals surface area contributed by atoms with Crippen molar-refractivity contribution in [3.05, 3.63) is 34.3 Å². The first-order valence-corrected chi connectivity index (χ1v) is 7.67. The first kappa shape index (κ1) is 14.5. The van der Waals surface area contributed by atoms with Gasteiger partial charge < -0.3 is 11.1 Å². The van der Waals surface area contributed by atoms with Crippen molar-refractivity contribution in [3.8, 4) is 0 Å². The average molecular weight is 325 g/mol. The molecule has 19 heavy (non-hydrogen) atoms. The summed E-state index contributed by atoms with van der Waals surface area (Å²) in [6.45, 7) is 2.63. The summed E-state index contributed by atoms with van der Waals surface area (Å²) in [4.78, 5) is 12.3. The molecular weight excluding hydrogens is 304 g/mol. The van der Waals surface area contributed by atoms with Crippen molar-refractivity contribution in [2.45, 2.75) is 32.2 Å². The van der Waals surface area contributed by atoms with Crippen LogP contribution in [-0.2, 0) is 4.79 Å². The number of nitrogens with one attached hydrogen (secondary N) is 1. The van der Waals surface area contributed by atoms with Crippen LogP contribution in [0.4, 0.5) is 0 Å². The Morgan fingerprint density at radius 1 is 1.53 bits per heavy atom. The third-order valence-electron chi connectivity index (χ3n) is 4.01. The Bertz CT molecular complexity index is 450. The number of benzene rings is 1. The summed E-state index contributed by atoms with van der Waals surface area (Å²) in [5.41, 5.74) is 6.85. The van der Waals surface area contributed by atoms with Crippen molar-refractivity contribution in [1.29, 1.82) is 0 Å². The molecule has 3 N–H and O–H groups in total. The minimum absolute atomic E-state index is 0.0315. The molecule has 1 aromatic carbocycles. The zero-order chi connectivity index (χ0) is 13.8. The van der Waals surface area contributed by atoms with Gasteiger partial charge in [-0.2, -0.15) is 0 Å². The third kappa shape index (κ3) is 3.57. The Morgan fingerprint density at radius 2 is 2.32 bits per heavy atom. The summed E-state index contributed by atoms with van der Waals surface area (Å²) in [7, 11) is 0. The molecule has 1 aliphatic carbocycles. The van der Waals surface area contributed by atoms with Gasteiger partial charge in [0.15, 0.2) is 0 Å². The van der Waals surface area contributed by atoms with Crippen LogP contribution < -0.4 is 11.1 Å². The first-order chi connectivity index (χ1) is 9.11. The Balaban J connectivity index is 1.98. The van der Waals surface area contributed by atoms with Gasteiger partial charge in [0, 0.05) is 10.4 Å². The Labute approximate surface area is 123 Å². The standard InChI is InChI=1S/C15H21BrN2O/c1-10(11-4-2-6-13(16)8-11)18-15(19)14-7-3-5-12(14)9-17/h2,4,6,8,10,12,14H,3,5,7,9,17H2,1H3,(H,18,19)/t10-,12?,14?/m0/s1. The van der Waals surface area contributed by atoms with Gasteiger partial charge in [-0.15, -0.1) is 0 Å². The van der Waals surface area contributed by atoms with Crippen molar-refractivity contribution in [2.24, 2.45) is 17.6 Å². The van der Waals surface area contributed by atoms with Gasteiger partial charge in [-0.1, -0.05) is 34.5 Å². The predicted octanol–water partition coefficient (Wildman–Crippen LogP) is 3.00. The molecule has 0 heterocycles. The van der Waals surface area contributed by atoms with Crippen molar-refractivity contribution >= 4 is 21.8 Å². The van der Waals surface area contributed by atoms with E-state index in [1.807, 2.05) is 31.2 Å². The van der Waals surface area contributed by atoms with E-state index in [2.05, 4.69) is 21.2 Å². The van der Waals surface area contributed by atoms with Crippen LogP contribution >= 0.6 is 15.9 Å². The second-order valence-corrected chi connectivity index (χ2v) is 6.23. The van der Waals surface area contributed by atoms with Crippen molar-refractivity contribution in [2.75, 3.05) is 6.54 Å². The fourth-order valence-electron chi connectivity index (χ4n) is 2.84. The number of nitrogens with two attached hydrogens (primary N) is 1.